The Kier molecular flexibility index (Phi) is 9.25. The summed E-state index contributed by atoms with van der Waals surface area (Å²) in [5, 5.41) is 18.2. The number of imide groups is 1. The number of hydrogen-bond donors (Lipinski definition) is 4. The third kappa shape index (κ3) is 8.13. The lowest BCUT2D eigenvalue weighted by Crippen LogP contribution is -2.53. The summed E-state index contributed by atoms with van der Waals surface area (Å²) in [4.78, 5) is 59.3. The molecule has 1 heterocycles. The number of anilines is 1. The number of hydrogen-bond acceptors (Lipinski definition) is 8. The van der Waals surface area contributed by atoms with E-state index in [0.717, 1.165) is 22.6 Å². The van der Waals surface area contributed by atoms with Crippen molar-refractivity contribution in [2.45, 2.75) is 52.1 Å². The van der Waals surface area contributed by atoms with Gasteiger partial charge in [0.2, 0.25) is 11.8 Å². The Morgan fingerprint density at radius 3 is 2.24 bits per heavy atom. The Hall–Kier alpha value is -3.57. The van der Waals surface area contributed by atoms with Gasteiger partial charge in [-0.3, -0.25) is 34.2 Å². The second-order valence-electron chi connectivity index (χ2n) is 7.57. The van der Waals surface area contributed by atoms with Crippen LogP contribution in [0.1, 0.15) is 32.8 Å². The molecular weight excluding hydrogens is 432 g/mol. The lowest BCUT2D eigenvalue weighted by molar-refractivity contribution is -0.142. The molecule has 1 aliphatic heterocycles. The highest BCUT2D eigenvalue weighted by molar-refractivity contribution is 6.13. The lowest BCUT2D eigenvalue weighted by atomic mass is 10.2. The second-order valence-corrected chi connectivity index (χ2v) is 7.57. The molecule has 0 aromatic heterocycles. The minimum absolute atomic E-state index is 0.0643. The van der Waals surface area contributed by atoms with Crippen molar-refractivity contribution in [1.29, 1.82) is 0 Å². The summed E-state index contributed by atoms with van der Waals surface area (Å²) in [6, 6.07) is 5.22. The molecule has 4 amide bonds. The van der Waals surface area contributed by atoms with E-state index in [9.17, 15) is 29.1 Å². The fourth-order valence-corrected chi connectivity index (χ4v) is 2.87. The van der Waals surface area contributed by atoms with Crippen molar-refractivity contribution in [1.82, 2.24) is 15.5 Å². The SMILES string of the molecule is CC(=O)OCc1ccc(NC(=O)[C@H](C)NC(O)[C@H](C)NC(=O)CCN2C(=O)C=CC2=O)cc1. The van der Waals surface area contributed by atoms with Crippen molar-refractivity contribution in [3.63, 3.8) is 0 Å². The molecule has 0 fully saturated rings. The van der Waals surface area contributed by atoms with Gasteiger partial charge in [-0.1, -0.05) is 12.1 Å². The van der Waals surface area contributed by atoms with E-state index in [-0.39, 0.29) is 25.5 Å². The molecule has 0 saturated carbocycles. The first-order valence-electron chi connectivity index (χ1n) is 10.4. The van der Waals surface area contributed by atoms with E-state index in [0.29, 0.717) is 5.69 Å². The number of ether oxygens (including phenoxy) is 1. The first-order chi connectivity index (χ1) is 15.6. The van der Waals surface area contributed by atoms with E-state index in [1.807, 2.05) is 0 Å². The minimum Gasteiger partial charge on any atom is -0.461 e. The topological polar surface area (TPSA) is 154 Å². The quantitative estimate of drug-likeness (QED) is 0.201. The number of benzene rings is 1. The van der Waals surface area contributed by atoms with Gasteiger partial charge in [-0.05, 0) is 31.5 Å². The standard InChI is InChI=1S/C22H28N4O7/c1-13(23-18(28)10-11-26-19(29)8-9-20(26)30)21(31)24-14(2)22(32)25-17-6-4-16(5-7-17)12-33-15(3)27/h4-9,13-14,21,24,31H,10-12H2,1-3H3,(H,23,28)(H,25,32)/t13-,14-,21?/m0/s1. The molecule has 4 N–H and O–H groups in total. The van der Waals surface area contributed by atoms with E-state index in [2.05, 4.69) is 16.0 Å². The average Bonchev–Trinajstić information content (AvgIpc) is 3.08. The monoisotopic (exact) mass is 460 g/mol. The van der Waals surface area contributed by atoms with Crippen LogP contribution in [0.3, 0.4) is 0 Å². The zero-order chi connectivity index (χ0) is 24.5. The maximum absolute atomic E-state index is 12.4. The van der Waals surface area contributed by atoms with E-state index >= 15 is 0 Å². The van der Waals surface area contributed by atoms with Crippen molar-refractivity contribution in [2.75, 3.05) is 11.9 Å². The van der Waals surface area contributed by atoms with Gasteiger partial charge in [0, 0.05) is 37.7 Å². The Morgan fingerprint density at radius 2 is 1.67 bits per heavy atom. The minimum atomic E-state index is -1.22. The number of esters is 1. The van der Waals surface area contributed by atoms with Gasteiger partial charge in [-0.15, -0.1) is 0 Å². The molecule has 0 saturated heterocycles. The Morgan fingerprint density at radius 1 is 1.06 bits per heavy atom. The number of nitrogens with zero attached hydrogens (tertiary/aromatic N) is 1. The van der Waals surface area contributed by atoms with Gasteiger partial charge in [0.25, 0.3) is 11.8 Å². The van der Waals surface area contributed by atoms with Gasteiger partial charge in [0.1, 0.15) is 12.8 Å². The fraction of sp³-hybridized carbons (Fsp3) is 0.409. The predicted octanol–water partition coefficient (Wildman–Crippen LogP) is -0.195. The molecule has 178 valence electrons. The van der Waals surface area contributed by atoms with Crippen molar-refractivity contribution in [2.24, 2.45) is 0 Å². The summed E-state index contributed by atoms with van der Waals surface area (Å²) in [5.41, 5.74) is 1.29. The molecule has 1 unspecified atom stereocenters. The van der Waals surface area contributed by atoms with Crippen molar-refractivity contribution >= 4 is 35.3 Å². The van der Waals surface area contributed by atoms with E-state index < -0.39 is 41.9 Å². The number of nitrogens with one attached hydrogen (secondary N) is 3. The Labute approximate surface area is 191 Å². The number of amides is 4. The molecule has 0 bridgehead atoms. The van der Waals surface area contributed by atoms with Crippen LogP contribution < -0.4 is 16.0 Å². The third-order valence-corrected chi connectivity index (χ3v) is 4.80. The summed E-state index contributed by atoms with van der Waals surface area (Å²) in [6.07, 6.45) is 0.943. The molecule has 1 aromatic rings. The first-order valence-corrected chi connectivity index (χ1v) is 10.4. The van der Waals surface area contributed by atoms with Gasteiger partial charge in [-0.25, -0.2) is 0 Å². The highest BCUT2D eigenvalue weighted by atomic mass is 16.5. The maximum atomic E-state index is 12.4. The van der Waals surface area contributed by atoms with Crippen LogP contribution in [0, 0.1) is 0 Å². The van der Waals surface area contributed by atoms with Gasteiger partial charge < -0.3 is 20.5 Å². The largest absolute Gasteiger partial charge is 0.461 e. The summed E-state index contributed by atoms with van der Waals surface area (Å²) in [5.74, 6) is -2.19. The van der Waals surface area contributed by atoms with Crippen molar-refractivity contribution in [3.8, 4) is 0 Å². The molecule has 3 atom stereocenters. The molecule has 33 heavy (non-hydrogen) atoms. The van der Waals surface area contributed by atoms with Gasteiger partial charge in [-0.2, -0.15) is 0 Å². The molecule has 0 radical (unpaired) electrons. The lowest BCUT2D eigenvalue weighted by Gasteiger charge is -2.25. The van der Waals surface area contributed by atoms with Crippen LogP contribution in [0.25, 0.3) is 0 Å². The summed E-state index contributed by atoms with van der Waals surface area (Å²) in [6.45, 7) is 4.50. The van der Waals surface area contributed by atoms with Crippen LogP contribution in [0.5, 0.6) is 0 Å². The number of carbonyl (C=O) groups is 5. The summed E-state index contributed by atoms with van der Waals surface area (Å²) < 4.78 is 4.90. The predicted molar refractivity (Wildman–Crippen MR) is 117 cm³/mol. The normalized spacial score (nSPS) is 15.7. The number of rotatable bonds is 11. The van der Waals surface area contributed by atoms with Crippen LogP contribution in [-0.4, -0.2) is 64.5 Å². The van der Waals surface area contributed by atoms with E-state index in [1.54, 1.807) is 38.1 Å². The number of aliphatic hydroxyl groups is 1. The maximum Gasteiger partial charge on any atom is 0.302 e. The first kappa shape index (κ1) is 25.7. The number of carbonyl (C=O) groups excluding carboxylic acids is 5. The average molecular weight is 460 g/mol. The highest BCUT2D eigenvalue weighted by Crippen LogP contribution is 2.11. The van der Waals surface area contributed by atoms with E-state index in [1.165, 1.54) is 6.92 Å². The molecule has 2 rings (SSSR count). The zero-order valence-electron chi connectivity index (χ0n) is 18.7. The van der Waals surface area contributed by atoms with Crippen molar-refractivity contribution < 1.29 is 33.8 Å². The van der Waals surface area contributed by atoms with E-state index in [4.69, 9.17) is 4.74 Å². The molecular formula is C22H28N4O7. The van der Waals surface area contributed by atoms with Crippen LogP contribution >= 0.6 is 0 Å². The molecule has 1 aromatic carbocycles. The fourth-order valence-electron chi connectivity index (χ4n) is 2.87. The van der Waals surface area contributed by atoms with Crippen LogP contribution in [-0.2, 0) is 35.3 Å². The summed E-state index contributed by atoms with van der Waals surface area (Å²) >= 11 is 0. The van der Waals surface area contributed by atoms with Crippen LogP contribution in [0.15, 0.2) is 36.4 Å². The molecule has 11 nitrogen and oxygen atoms in total. The van der Waals surface area contributed by atoms with Gasteiger partial charge in [0.05, 0.1) is 12.1 Å². The molecule has 0 aliphatic carbocycles. The highest BCUT2D eigenvalue weighted by Gasteiger charge is 2.25. The van der Waals surface area contributed by atoms with Gasteiger partial charge >= 0.3 is 5.97 Å². The molecule has 1 aliphatic rings. The Balaban J connectivity index is 1.75. The van der Waals surface area contributed by atoms with Crippen LogP contribution in [0.4, 0.5) is 5.69 Å². The van der Waals surface area contributed by atoms with Crippen LogP contribution in [0.2, 0.25) is 0 Å². The number of aliphatic hydroxyl groups excluding tert-OH is 1. The smallest absolute Gasteiger partial charge is 0.302 e. The summed E-state index contributed by atoms with van der Waals surface area (Å²) in [7, 11) is 0. The second kappa shape index (κ2) is 11.9. The third-order valence-electron chi connectivity index (χ3n) is 4.80. The Bertz CT molecular complexity index is 911. The van der Waals surface area contributed by atoms with Gasteiger partial charge in [0.15, 0.2) is 0 Å². The van der Waals surface area contributed by atoms with Crippen molar-refractivity contribution in [3.05, 3.63) is 42.0 Å². The zero-order valence-corrected chi connectivity index (χ0v) is 18.7. The molecule has 0 spiro atoms. The molecule has 11 heteroatoms.